The van der Waals surface area contributed by atoms with Crippen molar-refractivity contribution in [1.29, 1.82) is 0 Å². The summed E-state index contributed by atoms with van der Waals surface area (Å²) in [6.45, 7) is 10.2. The highest BCUT2D eigenvalue weighted by molar-refractivity contribution is 7.18. The van der Waals surface area contributed by atoms with Crippen LogP contribution in [0.1, 0.15) is 39.1 Å². The van der Waals surface area contributed by atoms with Crippen LogP contribution in [0.25, 0.3) is 16.3 Å². The largest absolute Gasteiger partial charge is 1.00 e. The van der Waals surface area contributed by atoms with Gasteiger partial charge in [0, 0.05) is 12.1 Å². The maximum atomic E-state index is 2.43. The van der Waals surface area contributed by atoms with Crippen molar-refractivity contribution in [2.45, 2.75) is 40.7 Å². The minimum absolute atomic E-state index is 0. The molecule has 3 heteroatoms. The first-order chi connectivity index (χ1) is 10.1. The van der Waals surface area contributed by atoms with Crippen LogP contribution in [0.3, 0.4) is 0 Å². The molecule has 1 aliphatic rings. The number of hydrogen-bond acceptors (Lipinski definition) is 1. The van der Waals surface area contributed by atoms with Crippen molar-refractivity contribution in [3.8, 4) is 0 Å². The third-order valence-electron chi connectivity index (χ3n) is 4.80. The number of halogens is 1. The van der Waals surface area contributed by atoms with Gasteiger partial charge in [-0.3, -0.25) is 0 Å². The SMILES string of the molecule is CC[n+]1c(C=C2C=C(C)C(C)C(C)C2)sc2ccccc21.[I-]. The van der Waals surface area contributed by atoms with Crippen molar-refractivity contribution in [2.24, 2.45) is 11.8 Å². The number of aromatic nitrogens is 1. The highest BCUT2D eigenvalue weighted by Gasteiger charge is 2.22. The van der Waals surface area contributed by atoms with Gasteiger partial charge in [0.25, 0.3) is 5.01 Å². The van der Waals surface area contributed by atoms with E-state index in [1.54, 1.807) is 0 Å². The van der Waals surface area contributed by atoms with Gasteiger partial charge in [-0.1, -0.05) is 49.0 Å². The molecule has 118 valence electrons. The number of rotatable bonds is 2. The van der Waals surface area contributed by atoms with Crippen molar-refractivity contribution in [3.63, 3.8) is 0 Å². The van der Waals surface area contributed by atoms with Gasteiger partial charge in [-0.2, -0.15) is 4.57 Å². The van der Waals surface area contributed by atoms with Crippen molar-refractivity contribution in [2.75, 3.05) is 0 Å². The summed E-state index contributed by atoms with van der Waals surface area (Å²) in [7, 11) is 0. The van der Waals surface area contributed by atoms with Gasteiger partial charge in [-0.15, -0.1) is 0 Å². The Morgan fingerprint density at radius 3 is 2.68 bits per heavy atom. The van der Waals surface area contributed by atoms with Gasteiger partial charge in [0.1, 0.15) is 11.2 Å². The van der Waals surface area contributed by atoms with Crippen LogP contribution in [-0.4, -0.2) is 0 Å². The van der Waals surface area contributed by atoms with E-state index in [1.165, 1.54) is 32.8 Å². The van der Waals surface area contributed by atoms with Crippen LogP contribution in [0.5, 0.6) is 0 Å². The maximum absolute atomic E-state index is 2.43. The van der Waals surface area contributed by atoms with E-state index in [2.05, 4.69) is 68.7 Å². The van der Waals surface area contributed by atoms with E-state index in [9.17, 15) is 0 Å². The van der Waals surface area contributed by atoms with Crippen molar-refractivity contribution < 1.29 is 28.5 Å². The minimum Gasteiger partial charge on any atom is -1.00 e. The van der Waals surface area contributed by atoms with Gasteiger partial charge in [0.05, 0.1) is 0 Å². The van der Waals surface area contributed by atoms with Crippen LogP contribution in [0.2, 0.25) is 0 Å². The quantitative estimate of drug-likeness (QED) is 0.513. The van der Waals surface area contributed by atoms with Crippen molar-refractivity contribution in [3.05, 3.63) is 46.5 Å². The minimum atomic E-state index is 0. The monoisotopic (exact) mass is 425 g/mol. The molecule has 1 aromatic carbocycles. The van der Waals surface area contributed by atoms with Crippen LogP contribution in [0, 0.1) is 11.8 Å². The molecule has 3 rings (SSSR count). The standard InChI is InChI=1S/C19H24NS.HI/c1-5-20-17-8-6-7-9-18(17)21-19(20)12-16-10-13(2)15(4)14(3)11-16;/h6-10,12,14-15H,5,11H2,1-4H3;1H/q+1;/p-1. The van der Waals surface area contributed by atoms with E-state index in [-0.39, 0.29) is 24.0 Å². The van der Waals surface area contributed by atoms with Gasteiger partial charge < -0.3 is 24.0 Å². The topological polar surface area (TPSA) is 3.88 Å². The molecule has 0 bridgehead atoms. The lowest BCUT2D eigenvalue weighted by Gasteiger charge is -2.26. The predicted molar refractivity (Wildman–Crippen MR) is 92.4 cm³/mol. The summed E-state index contributed by atoms with van der Waals surface area (Å²) in [4.78, 5) is 0. The fourth-order valence-electron chi connectivity index (χ4n) is 3.23. The Morgan fingerprint density at radius 2 is 2.00 bits per heavy atom. The number of para-hydroxylation sites is 1. The van der Waals surface area contributed by atoms with E-state index < -0.39 is 0 Å². The number of thiazole rings is 1. The average molecular weight is 425 g/mol. The molecule has 1 aromatic heterocycles. The summed E-state index contributed by atoms with van der Waals surface area (Å²) in [5.74, 6) is 1.45. The molecule has 1 aliphatic carbocycles. The molecule has 0 amide bonds. The molecular formula is C19H24INS. The molecule has 0 fully saturated rings. The lowest BCUT2D eigenvalue weighted by Crippen LogP contribution is -3.00. The lowest BCUT2D eigenvalue weighted by molar-refractivity contribution is -0.665. The molecule has 0 spiro atoms. The van der Waals surface area contributed by atoms with Gasteiger partial charge in [0.2, 0.25) is 5.52 Å². The highest BCUT2D eigenvalue weighted by Crippen LogP contribution is 2.34. The molecule has 1 nitrogen and oxygen atoms in total. The van der Waals surface area contributed by atoms with E-state index in [1.807, 2.05) is 11.3 Å². The number of fused-ring (bicyclic) bond motifs is 1. The summed E-state index contributed by atoms with van der Waals surface area (Å²) in [5, 5.41) is 1.37. The van der Waals surface area contributed by atoms with Crippen LogP contribution in [0.4, 0.5) is 0 Å². The Morgan fingerprint density at radius 1 is 1.27 bits per heavy atom. The summed E-state index contributed by atoms with van der Waals surface area (Å²) >= 11 is 1.90. The number of nitrogens with zero attached hydrogens (tertiary/aromatic N) is 1. The molecule has 1 heterocycles. The third kappa shape index (κ3) is 3.30. The van der Waals surface area contributed by atoms with Crippen molar-refractivity contribution >= 4 is 27.6 Å². The molecule has 0 N–H and O–H groups in total. The predicted octanol–water partition coefficient (Wildman–Crippen LogP) is 2.22. The number of benzene rings is 1. The second kappa shape index (κ2) is 7.26. The van der Waals surface area contributed by atoms with E-state index in [0.717, 1.165) is 12.5 Å². The van der Waals surface area contributed by atoms with Crippen LogP contribution >= 0.6 is 11.3 Å². The van der Waals surface area contributed by atoms with Gasteiger partial charge in [0.15, 0.2) is 0 Å². The Hall–Kier alpha value is -0.680. The zero-order chi connectivity index (χ0) is 15.0. The third-order valence-corrected chi connectivity index (χ3v) is 5.92. The molecule has 2 atom stereocenters. The molecule has 0 aliphatic heterocycles. The molecule has 22 heavy (non-hydrogen) atoms. The molecule has 2 unspecified atom stereocenters. The number of aryl methyl sites for hydroxylation is 1. The van der Waals surface area contributed by atoms with Crippen LogP contribution in [0.15, 0.2) is 41.5 Å². The summed E-state index contributed by atoms with van der Waals surface area (Å²) < 4.78 is 3.81. The number of hydrogen-bond donors (Lipinski definition) is 0. The van der Waals surface area contributed by atoms with Crippen molar-refractivity contribution in [1.82, 2.24) is 0 Å². The summed E-state index contributed by atoms with van der Waals surface area (Å²) in [6.07, 6.45) is 5.99. The first-order valence-electron chi connectivity index (χ1n) is 7.90. The zero-order valence-electron chi connectivity index (χ0n) is 13.8. The molecule has 0 radical (unpaired) electrons. The summed E-state index contributed by atoms with van der Waals surface area (Å²) in [6, 6.07) is 8.71. The molecule has 2 aromatic rings. The average Bonchev–Trinajstić information content (AvgIpc) is 2.81. The summed E-state index contributed by atoms with van der Waals surface area (Å²) in [5.41, 5.74) is 4.35. The van der Waals surface area contributed by atoms with E-state index in [0.29, 0.717) is 5.92 Å². The smallest absolute Gasteiger partial charge is 0.263 e. The fraction of sp³-hybridized carbons (Fsp3) is 0.421. The Bertz CT molecular complexity index is 726. The highest BCUT2D eigenvalue weighted by atomic mass is 127. The molecule has 0 saturated heterocycles. The Kier molecular flexibility index (Phi) is 5.83. The van der Waals surface area contributed by atoms with Gasteiger partial charge >= 0.3 is 0 Å². The second-order valence-electron chi connectivity index (χ2n) is 6.23. The number of allylic oxidation sites excluding steroid dienone is 3. The lowest BCUT2D eigenvalue weighted by atomic mass is 9.79. The van der Waals surface area contributed by atoms with E-state index >= 15 is 0 Å². The first kappa shape index (κ1) is 17.7. The Labute approximate surface area is 154 Å². The van der Waals surface area contributed by atoms with E-state index in [4.69, 9.17) is 0 Å². The van der Waals surface area contributed by atoms with Gasteiger partial charge in [-0.25, -0.2) is 0 Å². The first-order valence-corrected chi connectivity index (χ1v) is 8.72. The molecular weight excluding hydrogens is 401 g/mol. The Balaban J connectivity index is 0.00000176. The fourth-order valence-corrected chi connectivity index (χ4v) is 4.43. The van der Waals surface area contributed by atoms with Crippen LogP contribution in [-0.2, 0) is 6.54 Å². The normalized spacial score (nSPS) is 23.5. The second-order valence-corrected chi connectivity index (χ2v) is 7.29. The van der Waals surface area contributed by atoms with Gasteiger partial charge in [-0.05, 0) is 43.7 Å². The van der Waals surface area contributed by atoms with Crippen LogP contribution < -0.4 is 28.5 Å². The maximum Gasteiger partial charge on any atom is 0.263 e. The molecule has 0 saturated carbocycles. The zero-order valence-corrected chi connectivity index (χ0v) is 16.7.